The summed E-state index contributed by atoms with van der Waals surface area (Å²) >= 11 is 0. The van der Waals surface area contributed by atoms with E-state index in [4.69, 9.17) is 5.73 Å². The van der Waals surface area contributed by atoms with Gasteiger partial charge in [0.1, 0.15) is 0 Å². The molecule has 90 valence electrons. The molecule has 5 nitrogen and oxygen atoms in total. The lowest BCUT2D eigenvalue weighted by molar-refractivity contribution is 0.193. The third kappa shape index (κ3) is 2.80. The van der Waals surface area contributed by atoms with E-state index in [0.717, 1.165) is 25.3 Å². The zero-order valence-electron chi connectivity index (χ0n) is 9.97. The number of hydrogen-bond donors (Lipinski definition) is 1. The number of nitrogens with zero attached hydrogens (tertiary/aromatic N) is 4. The Balaban J connectivity index is 1.96. The summed E-state index contributed by atoms with van der Waals surface area (Å²) in [6, 6.07) is 0.700. The second-order valence-corrected chi connectivity index (χ2v) is 4.58. The molecule has 0 amide bonds. The number of hydrogen-bond acceptors (Lipinski definition) is 4. The van der Waals surface area contributed by atoms with Crippen LogP contribution < -0.4 is 5.73 Å². The first-order valence-electron chi connectivity index (χ1n) is 6.09. The van der Waals surface area contributed by atoms with Crippen LogP contribution in [0, 0.1) is 0 Å². The summed E-state index contributed by atoms with van der Waals surface area (Å²) in [6.45, 7) is 2.56. The van der Waals surface area contributed by atoms with Crippen LogP contribution in [0.4, 0.5) is 0 Å². The lowest BCUT2D eigenvalue weighted by Gasteiger charge is -2.27. The standard InChI is InChI=1S/C11H21N5/c1-15-8-10(13-14-15)9-16(7-6-12)11-4-2-3-5-11/h8,11H,2-7,9,12H2,1H3. The predicted molar refractivity (Wildman–Crippen MR) is 62.7 cm³/mol. The van der Waals surface area contributed by atoms with Crippen molar-refractivity contribution in [1.82, 2.24) is 19.9 Å². The van der Waals surface area contributed by atoms with Crippen molar-refractivity contribution in [2.75, 3.05) is 13.1 Å². The van der Waals surface area contributed by atoms with Gasteiger partial charge >= 0.3 is 0 Å². The van der Waals surface area contributed by atoms with Gasteiger partial charge in [-0.1, -0.05) is 18.1 Å². The Hall–Kier alpha value is -0.940. The summed E-state index contributed by atoms with van der Waals surface area (Å²) in [4.78, 5) is 2.46. The van der Waals surface area contributed by atoms with Crippen molar-refractivity contribution in [3.05, 3.63) is 11.9 Å². The first-order valence-corrected chi connectivity index (χ1v) is 6.09. The van der Waals surface area contributed by atoms with Crippen molar-refractivity contribution in [2.45, 2.75) is 38.3 Å². The summed E-state index contributed by atoms with van der Waals surface area (Å²) in [5, 5.41) is 8.10. The number of nitrogens with two attached hydrogens (primary N) is 1. The second kappa shape index (κ2) is 5.41. The largest absolute Gasteiger partial charge is 0.329 e. The summed E-state index contributed by atoms with van der Waals surface area (Å²) < 4.78 is 1.75. The Morgan fingerprint density at radius 2 is 2.25 bits per heavy atom. The first-order chi connectivity index (χ1) is 7.79. The third-order valence-electron chi connectivity index (χ3n) is 3.27. The van der Waals surface area contributed by atoms with Crippen LogP contribution in [0.15, 0.2) is 6.20 Å². The van der Waals surface area contributed by atoms with Crippen LogP contribution in [0.25, 0.3) is 0 Å². The molecule has 2 N–H and O–H groups in total. The van der Waals surface area contributed by atoms with Crippen molar-refractivity contribution >= 4 is 0 Å². The minimum atomic E-state index is 0.700. The highest BCUT2D eigenvalue weighted by atomic mass is 15.4. The fourth-order valence-corrected chi connectivity index (χ4v) is 2.50. The Morgan fingerprint density at radius 1 is 1.50 bits per heavy atom. The van der Waals surface area contributed by atoms with Gasteiger partial charge in [0.05, 0.1) is 5.69 Å². The van der Waals surface area contributed by atoms with Gasteiger partial charge in [-0.15, -0.1) is 5.10 Å². The smallest absolute Gasteiger partial charge is 0.0967 e. The van der Waals surface area contributed by atoms with Crippen molar-refractivity contribution < 1.29 is 0 Å². The first kappa shape index (κ1) is 11.5. The molecule has 1 saturated carbocycles. The zero-order valence-corrected chi connectivity index (χ0v) is 9.97. The molecule has 16 heavy (non-hydrogen) atoms. The SMILES string of the molecule is Cn1cc(CN(CCN)C2CCCC2)nn1. The molecule has 0 unspecified atom stereocenters. The van der Waals surface area contributed by atoms with Crippen LogP contribution in [0.5, 0.6) is 0 Å². The van der Waals surface area contributed by atoms with E-state index in [0.29, 0.717) is 6.04 Å². The van der Waals surface area contributed by atoms with Gasteiger partial charge in [0.2, 0.25) is 0 Å². The average molecular weight is 223 g/mol. The lowest BCUT2D eigenvalue weighted by Crippen LogP contribution is -2.36. The Kier molecular flexibility index (Phi) is 3.90. The molecule has 1 aliphatic rings. The van der Waals surface area contributed by atoms with Gasteiger partial charge in [-0.2, -0.15) is 0 Å². The molecule has 0 atom stereocenters. The van der Waals surface area contributed by atoms with Gasteiger partial charge in [0.15, 0.2) is 0 Å². The van der Waals surface area contributed by atoms with Crippen molar-refractivity contribution in [1.29, 1.82) is 0 Å². The van der Waals surface area contributed by atoms with Crippen LogP contribution in [-0.4, -0.2) is 39.0 Å². The number of rotatable bonds is 5. The van der Waals surface area contributed by atoms with E-state index in [9.17, 15) is 0 Å². The lowest BCUT2D eigenvalue weighted by atomic mass is 10.2. The van der Waals surface area contributed by atoms with Gasteiger partial charge in [0, 0.05) is 38.9 Å². The van der Waals surface area contributed by atoms with Gasteiger partial charge in [0.25, 0.3) is 0 Å². The van der Waals surface area contributed by atoms with E-state index in [1.54, 1.807) is 4.68 Å². The molecule has 1 fully saturated rings. The van der Waals surface area contributed by atoms with E-state index in [1.807, 2.05) is 13.2 Å². The van der Waals surface area contributed by atoms with Gasteiger partial charge in [-0.05, 0) is 12.8 Å². The molecule has 0 aromatic carbocycles. The maximum Gasteiger partial charge on any atom is 0.0967 e. The van der Waals surface area contributed by atoms with Crippen LogP contribution >= 0.6 is 0 Å². The average Bonchev–Trinajstić information content (AvgIpc) is 2.88. The van der Waals surface area contributed by atoms with Crippen LogP contribution in [0.2, 0.25) is 0 Å². The van der Waals surface area contributed by atoms with Crippen LogP contribution in [0.3, 0.4) is 0 Å². The molecule has 1 aromatic rings. The highest BCUT2D eigenvalue weighted by molar-refractivity contribution is 4.93. The molecule has 0 spiro atoms. The van der Waals surface area contributed by atoms with Crippen LogP contribution in [0.1, 0.15) is 31.4 Å². The van der Waals surface area contributed by atoms with E-state index in [1.165, 1.54) is 25.7 Å². The maximum atomic E-state index is 5.67. The van der Waals surface area contributed by atoms with E-state index in [-0.39, 0.29) is 0 Å². The minimum Gasteiger partial charge on any atom is -0.329 e. The molecule has 0 radical (unpaired) electrons. The zero-order chi connectivity index (χ0) is 11.4. The molecule has 0 bridgehead atoms. The summed E-state index contributed by atoms with van der Waals surface area (Å²) in [7, 11) is 1.90. The molecule has 2 rings (SSSR count). The fourth-order valence-electron chi connectivity index (χ4n) is 2.50. The normalized spacial score (nSPS) is 17.4. The summed E-state index contributed by atoms with van der Waals surface area (Å²) in [6.07, 6.45) is 7.30. The van der Waals surface area contributed by atoms with E-state index >= 15 is 0 Å². The highest BCUT2D eigenvalue weighted by Crippen LogP contribution is 2.24. The molecule has 0 aliphatic heterocycles. The molecule has 1 aromatic heterocycles. The summed E-state index contributed by atoms with van der Waals surface area (Å²) in [5.41, 5.74) is 6.72. The van der Waals surface area contributed by atoms with Crippen molar-refractivity contribution in [3.8, 4) is 0 Å². The highest BCUT2D eigenvalue weighted by Gasteiger charge is 2.22. The molecule has 1 heterocycles. The molecular formula is C11H21N5. The summed E-state index contributed by atoms with van der Waals surface area (Å²) in [5.74, 6) is 0. The van der Waals surface area contributed by atoms with Crippen molar-refractivity contribution in [3.63, 3.8) is 0 Å². The Labute approximate surface area is 96.6 Å². The fraction of sp³-hybridized carbons (Fsp3) is 0.818. The van der Waals surface area contributed by atoms with Crippen LogP contribution in [-0.2, 0) is 13.6 Å². The monoisotopic (exact) mass is 223 g/mol. The van der Waals surface area contributed by atoms with Gasteiger partial charge in [-0.25, -0.2) is 0 Å². The molecule has 1 aliphatic carbocycles. The quantitative estimate of drug-likeness (QED) is 0.790. The number of aromatic nitrogens is 3. The van der Waals surface area contributed by atoms with E-state index in [2.05, 4.69) is 15.2 Å². The van der Waals surface area contributed by atoms with E-state index < -0.39 is 0 Å². The minimum absolute atomic E-state index is 0.700. The van der Waals surface area contributed by atoms with Crippen molar-refractivity contribution in [2.24, 2.45) is 12.8 Å². The topological polar surface area (TPSA) is 60.0 Å². The predicted octanol–water partition coefficient (Wildman–Crippen LogP) is 0.518. The Morgan fingerprint density at radius 3 is 2.81 bits per heavy atom. The third-order valence-corrected chi connectivity index (χ3v) is 3.27. The Bertz CT molecular complexity index is 316. The van der Waals surface area contributed by atoms with Gasteiger partial charge in [-0.3, -0.25) is 9.58 Å². The van der Waals surface area contributed by atoms with Gasteiger partial charge < -0.3 is 5.73 Å². The second-order valence-electron chi connectivity index (χ2n) is 4.58. The number of aryl methyl sites for hydroxylation is 1. The molecule has 0 saturated heterocycles. The maximum absolute atomic E-state index is 5.67. The molecule has 5 heteroatoms. The molecular weight excluding hydrogens is 202 g/mol.